The lowest BCUT2D eigenvalue weighted by molar-refractivity contribution is 0.627. The van der Waals surface area contributed by atoms with Gasteiger partial charge in [-0.15, -0.1) is 0 Å². The first-order valence-corrected chi connectivity index (χ1v) is 9.17. The van der Waals surface area contributed by atoms with Crippen LogP contribution in [0.3, 0.4) is 0 Å². The summed E-state index contributed by atoms with van der Waals surface area (Å²) < 4.78 is 12.9. The number of rotatable bonds is 7. The molecule has 0 aliphatic heterocycles. The second-order valence-electron chi connectivity index (χ2n) is 6.92. The number of hydrogen-bond acceptors (Lipinski definition) is 0. The minimum Gasteiger partial charge on any atom is -0.207 e. The fourth-order valence-electron chi connectivity index (χ4n) is 3.06. The molecule has 0 spiro atoms. The Morgan fingerprint density at radius 1 is 0.615 bits per heavy atom. The molecule has 0 saturated carbocycles. The quantitative estimate of drug-likeness (QED) is 0.463. The highest BCUT2D eigenvalue weighted by Gasteiger charge is 2.00. The Labute approximate surface area is 156 Å². The van der Waals surface area contributed by atoms with Crippen LogP contribution in [0.4, 0.5) is 4.39 Å². The first-order valence-electron chi connectivity index (χ1n) is 9.17. The van der Waals surface area contributed by atoms with Gasteiger partial charge in [-0.2, -0.15) is 0 Å². The van der Waals surface area contributed by atoms with E-state index in [9.17, 15) is 4.39 Å². The van der Waals surface area contributed by atoms with Crippen LogP contribution in [0.15, 0.2) is 79.4 Å². The number of hydrogen-bond donors (Lipinski definition) is 0. The SMILES string of the molecule is C=C(C)c1ccc(CCc2ccc(CCc3ccc(F)cc3)cc2)cc1. The van der Waals surface area contributed by atoms with Crippen LogP contribution in [0.2, 0.25) is 0 Å². The van der Waals surface area contributed by atoms with Crippen molar-refractivity contribution in [3.8, 4) is 0 Å². The Bertz CT molecular complexity index is 840. The zero-order valence-electron chi connectivity index (χ0n) is 15.3. The maximum absolute atomic E-state index is 12.9. The second kappa shape index (κ2) is 8.62. The molecule has 0 bridgehead atoms. The second-order valence-corrected chi connectivity index (χ2v) is 6.92. The van der Waals surface area contributed by atoms with Crippen LogP contribution in [0.25, 0.3) is 5.57 Å². The number of halogens is 1. The highest BCUT2D eigenvalue weighted by molar-refractivity contribution is 5.61. The largest absolute Gasteiger partial charge is 0.207 e. The van der Waals surface area contributed by atoms with E-state index in [1.54, 1.807) is 0 Å². The molecular formula is C25H25F. The van der Waals surface area contributed by atoms with Gasteiger partial charge in [-0.05, 0) is 72.6 Å². The molecule has 0 heterocycles. The van der Waals surface area contributed by atoms with Gasteiger partial charge in [0.05, 0.1) is 0 Å². The van der Waals surface area contributed by atoms with Crippen molar-refractivity contribution >= 4 is 5.57 Å². The van der Waals surface area contributed by atoms with Crippen molar-refractivity contribution in [2.45, 2.75) is 32.6 Å². The zero-order chi connectivity index (χ0) is 18.4. The van der Waals surface area contributed by atoms with Gasteiger partial charge in [0, 0.05) is 0 Å². The normalized spacial score (nSPS) is 10.7. The Balaban J connectivity index is 1.50. The highest BCUT2D eigenvalue weighted by atomic mass is 19.1. The third-order valence-corrected chi connectivity index (χ3v) is 4.79. The van der Waals surface area contributed by atoms with Crippen LogP contribution in [-0.4, -0.2) is 0 Å². The predicted octanol–water partition coefficient (Wildman–Crippen LogP) is 6.43. The summed E-state index contributed by atoms with van der Waals surface area (Å²) in [6.45, 7) is 6.01. The minimum absolute atomic E-state index is 0.174. The third-order valence-electron chi connectivity index (χ3n) is 4.79. The molecule has 132 valence electrons. The van der Waals surface area contributed by atoms with Gasteiger partial charge in [-0.1, -0.05) is 72.8 Å². The molecule has 0 saturated heterocycles. The van der Waals surface area contributed by atoms with E-state index in [4.69, 9.17) is 0 Å². The Morgan fingerprint density at radius 2 is 0.923 bits per heavy atom. The summed E-state index contributed by atoms with van der Waals surface area (Å²) in [5.41, 5.74) is 7.53. The van der Waals surface area contributed by atoms with E-state index in [-0.39, 0.29) is 5.82 Å². The molecule has 0 nitrogen and oxygen atoms in total. The lowest BCUT2D eigenvalue weighted by Gasteiger charge is -2.06. The van der Waals surface area contributed by atoms with Crippen molar-refractivity contribution in [3.63, 3.8) is 0 Å². The molecule has 0 unspecified atom stereocenters. The smallest absolute Gasteiger partial charge is 0.123 e. The summed E-state index contributed by atoms with van der Waals surface area (Å²) in [6, 6.07) is 24.3. The minimum atomic E-state index is -0.174. The van der Waals surface area contributed by atoms with Crippen molar-refractivity contribution in [1.29, 1.82) is 0 Å². The predicted molar refractivity (Wildman–Crippen MR) is 109 cm³/mol. The molecule has 3 rings (SSSR count). The first-order chi connectivity index (χ1) is 12.6. The van der Waals surface area contributed by atoms with Crippen molar-refractivity contribution in [2.24, 2.45) is 0 Å². The van der Waals surface area contributed by atoms with Gasteiger partial charge in [-0.25, -0.2) is 4.39 Å². The Hall–Kier alpha value is -2.67. The molecule has 26 heavy (non-hydrogen) atoms. The zero-order valence-corrected chi connectivity index (χ0v) is 15.3. The van der Waals surface area contributed by atoms with Gasteiger partial charge < -0.3 is 0 Å². The van der Waals surface area contributed by atoms with E-state index < -0.39 is 0 Å². The monoisotopic (exact) mass is 344 g/mol. The standard InChI is InChI=1S/C25H25F/c1-19(2)24-15-11-22(12-16-24)9-7-20-3-5-21(6-4-20)8-10-23-13-17-25(26)18-14-23/h3-6,11-18H,1,7-10H2,2H3. The van der Waals surface area contributed by atoms with Crippen molar-refractivity contribution < 1.29 is 4.39 Å². The third kappa shape index (κ3) is 5.16. The van der Waals surface area contributed by atoms with Gasteiger partial charge in [0.1, 0.15) is 5.82 Å². The maximum Gasteiger partial charge on any atom is 0.123 e. The van der Waals surface area contributed by atoms with Crippen LogP contribution >= 0.6 is 0 Å². The average Bonchev–Trinajstić information content (AvgIpc) is 2.67. The summed E-state index contributed by atoms with van der Waals surface area (Å²) in [7, 11) is 0. The number of benzene rings is 3. The fourth-order valence-corrected chi connectivity index (χ4v) is 3.06. The first kappa shape index (κ1) is 18.1. The molecule has 0 amide bonds. The van der Waals surface area contributed by atoms with E-state index in [1.807, 2.05) is 19.1 Å². The fraction of sp³-hybridized carbons (Fsp3) is 0.200. The molecular weight excluding hydrogens is 319 g/mol. The summed E-state index contributed by atoms with van der Waals surface area (Å²) in [4.78, 5) is 0. The van der Waals surface area contributed by atoms with Crippen molar-refractivity contribution in [3.05, 3.63) is 113 Å². The van der Waals surface area contributed by atoms with E-state index >= 15 is 0 Å². The highest BCUT2D eigenvalue weighted by Crippen LogP contribution is 2.15. The van der Waals surface area contributed by atoms with Crippen LogP contribution < -0.4 is 0 Å². The summed E-state index contributed by atoms with van der Waals surface area (Å²) in [5, 5.41) is 0. The summed E-state index contributed by atoms with van der Waals surface area (Å²) >= 11 is 0. The topological polar surface area (TPSA) is 0 Å². The molecule has 0 N–H and O–H groups in total. The van der Waals surface area contributed by atoms with Gasteiger partial charge >= 0.3 is 0 Å². The van der Waals surface area contributed by atoms with Crippen molar-refractivity contribution in [1.82, 2.24) is 0 Å². The van der Waals surface area contributed by atoms with Gasteiger partial charge in [0.25, 0.3) is 0 Å². The van der Waals surface area contributed by atoms with Crippen LogP contribution in [0, 0.1) is 5.82 Å². The summed E-state index contributed by atoms with van der Waals surface area (Å²) in [6.07, 6.45) is 4.01. The van der Waals surface area contributed by atoms with Gasteiger partial charge in [-0.3, -0.25) is 0 Å². The molecule has 1 heteroatoms. The van der Waals surface area contributed by atoms with Crippen LogP contribution in [-0.2, 0) is 25.7 Å². The van der Waals surface area contributed by atoms with E-state index in [0.717, 1.165) is 31.3 Å². The summed E-state index contributed by atoms with van der Waals surface area (Å²) in [5.74, 6) is -0.174. The van der Waals surface area contributed by atoms with E-state index in [0.29, 0.717) is 0 Å². The van der Waals surface area contributed by atoms with Gasteiger partial charge in [0.2, 0.25) is 0 Å². The van der Waals surface area contributed by atoms with Crippen LogP contribution in [0.1, 0.15) is 34.7 Å². The van der Waals surface area contributed by atoms with Crippen LogP contribution in [0.5, 0.6) is 0 Å². The Morgan fingerprint density at radius 3 is 1.27 bits per heavy atom. The molecule has 0 aliphatic carbocycles. The average molecular weight is 344 g/mol. The molecule has 0 aliphatic rings. The molecule has 0 aromatic heterocycles. The van der Waals surface area contributed by atoms with Gasteiger partial charge in [0.15, 0.2) is 0 Å². The number of aryl methyl sites for hydroxylation is 4. The number of allylic oxidation sites excluding steroid dienone is 1. The molecule has 3 aromatic rings. The Kier molecular flexibility index (Phi) is 6.01. The maximum atomic E-state index is 12.9. The molecule has 0 fully saturated rings. The van der Waals surface area contributed by atoms with E-state index in [2.05, 4.69) is 55.1 Å². The van der Waals surface area contributed by atoms with Crippen molar-refractivity contribution in [2.75, 3.05) is 0 Å². The lowest BCUT2D eigenvalue weighted by Crippen LogP contribution is -1.94. The molecule has 0 atom stereocenters. The molecule has 0 radical (unpaired) electrons. The molecule has 3 aromatic carbocycles. The lowest BCUT2D eigenvalue weighted by atomic mass is 9.99. The van der Waals surface area contributed by atoms with E-state index in [1.165, 1.54) is 39.9 Å².